The van der Waals surface area contributed by atoms with E-state index >= 15 is 0 Å². The van der Waals surface area contributed by atoms with E-state index in [1.54, 1.807) is 0 Å². The van der Waals surface area contributed by atoms with Crippen molar-refractivity contribution in [2.24, 2.45) is 0 Å². The maximum Gasteiger partial charge on any atom is 0.123 e. The monoisotopic (exact) mass is 321 g/mol. The summed E-state index contributed by atoms with van der Waals surface area (Å²) in [5, 5.41) is 8.35. The average Bonchev–Trinajstić information content (AvgIpc) is 3.02. The lowest BCUT2D eigenvalue weighted by atomic mass is 10.0. The van der Waals surface area contributed by atoms with Gasteiger partial charge in [-0.15, -0.1) is 0 Å². The molecule has 0 saturated carbocycles. The lowest BCUT2D eigenvalue weighted by molar-refractivity contribution is 0.517. The maximum absolute atomic E-state index is 13.3. The molecule has 1 aliphatic heterocycles. The number of aromatic nitrogens is 2. The summed E-state index contributed by atoms with van der Waals surface area (Å²) in [5.41, 5.74) is 5.68. The number of hydrogen-bond acceptors (Lipinski definition) is 2. The molecular formula is C20H20FN3. The summed E-state index contributed by atoms with van der Waals surface area (Å²) in [4.78, 5) is 0. The number of hydrogen-bond donors (Lipinski definition) is 1. The molecule has 3 nitrogen and oxygen atoms in total. The van der Waals surface area contributed by atoms with Gasteiger partial charge in [-0.3, -0.25) is 4.68 Å². The molecule has 24 heavy (non-hydrogen) atoms. The van der Waals surface area contributed by atoms with Crippen LogP contribution < -0.4 is 5.32 Å². The third-order valence-corrected chi connectivity index (χ3v) is 4.73. The van der Waals surface area contributed by atoms with E-state index in [1.165, 1.54) is 29.0 Å². The lowest BCUT2D eigenvalue weighted by Gasteiger charge is -2.20. The van der Waals surface area contributed by atoms with Crippen molar-refractivity contribution >= 4 is 0 Å². The Morgan fingerprint density at radius 1 is 1.08 bits per heavy atom. The number of halogens is 1. The van der Waals surface area contributed by atoms with Gasteiger partial charge in [0.1, 0.15) is 5.82 Å². The second kappa shape index (κ2) is 6.21. The summed E-state index contributed by atoms with van der Waals surface area (Å²) in [7, 11) is 0. The van der Waals surface area contributed by atoms with E-state index in [-0.39, 0.29) is 11.9 Å². The minimum Gasteiger partial charge on any atom is -0.312 e. The molecule has 4 rings (SSSR count). The van der Waals surface area contributed by atoms with Gasteiger partial charge in [-0.1, -0.05) is 30.3 Å². The highest BCUT2D eigenvalue weighted by Crippen LogP contribution is 2.31. The molecule has 2 heterocycles. The predicted molar refractivity (Wildman–Crippen MR) is 93.3 cm³/mol. The lowest BCUT2D eigenvalue weighted by Crippen LogP contribution is -2.25. The molecule has 1 aromatic heterocycles. The van der Waals surface area contributed by atoms with Crippen molar-refractivity contribution in [1.82, 2.24) is 15.1 Å². The highest BCUT2D eigenvalue weighted by Gasteiger charge is 2.24. The molecule has 3 aromatic rings. The van der Waals surface area contributed by atoms with Crippen LogP contribution in [0.2, 0.25) is 0 Å². The molecule has 1 N–H and O–H groups in total. The van der Waals surface area contributed by atoms with Crippen LogP contribution in [0.25, 0.3) is 11.3 Å². The Kier molecular flexibility index (Phi) is 3.90. The Morgan fingerprint density at radius 3 is 2.58 bits per heavy atom. The molecule has 122 valence electrons. The molecule has 2 aromatic carbocycles. The third-order valence-electron chi connectivity index (χ3n) is 4.73. The topological polar surface area (TPSA) is 29.9 Å². The molecule has 0 bridgehead atoms. The van der Waals surface area contributed by atoms with Crippen molar-refractivity contribution in [1.29, 1.82) is 0 Å². The van der Waals surface area contributed by atoms with Gasteiger partial charge in [-0.25, -0.2) is 4.39 Å². The number of nitrogens with zero attached hydrogens (tertiary/aromatic N) is 2. The Morgan fingerprint density at radius 2 is 1.83 bits per heavy atom. The summed E-state index contributed by atoms with van der Waals surface area (Å²) >= 11 is 0. The van der Waals surface area contributed by atoms with E-state index in [1.807, 2.05) is 18.2 Å². The van der Waals surface area contributed by atoms with E-state index < -0.39 is 0 Å². The molecule has 0 aliphatic carbocycles. The van der Waals surface area contributed by atoms with Gasteiger partial charge in [0.05, 0.1) is 11.7 Å². The number of rotatable bonds is 3. The highest BCUT2D eigenvalue weighted by atomic mass is 19.1. The van der Waals surface area contributed by atoms with Crippen molar-refractivity contribution in [2.75, 3.05) is 6.54 Å². The van der Waals surface area contributed by atoms with Crippen molar-refractivity contribution in [3.63, 3.8) is 0 Å². The van der Waals surface area contributed by atoms with Crippen molar-refractivity contribution in [2.45, 2.75) is 25.9 Å². The summed E-state index contributed by atoms with van der Waals surface area (Å²) in [6.07, 6.45) is 0.959. The van der Waals surface area contributed by atoms with Gasteiger partial charge in [0.25, 0.3) is 0 Å². The summed E-state index contributed by atoms with van der Waals surface area (Å²) in [6, 6.07) is 17.2. The van der Waals surface area contributed by atoms with Crippen molar-refractivity contribution in [3.8, 4) is 11.3 Å². The summed E-state index contributed by atoms with van der Waals surface area (Å²) < 4.78 is 15.4. The second-order valence-electron chi connectivity index (χ2n) is 6.24. The van der Waals surface area contributed by atoms with Gasteiger partial charge in [0.15, 0.2) is 0 Å². The van der Waals surface area contributed by atoms with Gasteiger partial charge in [-0.2, -0.15) is 5.10 Å². The molecule has 1 aliphatic rings. The molecule has 4 heteroatoms. The predicted octanol–water partition coefficient (Wildman–Crippen LogP) is 3.94. The maximum atomic E-state index is 13.3. The van der Waals surface area contributed by atoms with E-state index in [2.05, 4.69) is 41.2 Å². The summed E-state index contributed by atoms with van der Waals surface area (Å²) in [5.74, 6) is -0.220. The second-order valence-corrected chi connectivity index (χ2v) is 6.24. The van der Waals surface area contributed by atoms with E-state index in [4.69, 9.17) is 5.10 Å². The van der Waals surface area contributed by atoms with Gasteiger partial charge in [0, 0.05) is 36.3 Å². The first kappa shape index (κ1) is 15.1. The van der Waals surface area contributed by atoms with Crippen LogP contribution in [0.5, 0.6) is 0 Å². The Hall–Kier alpha value is -2.46. The smallest absolute Gasteiger partial charge is 0.123 e. The Labute approximate surface area is 141 Å². The minimum absolute atomic E-state index is 0.173. The van der Waals surface area contributed by atoms with E-state index in [0.29, 0.717) is 0 Å². The zero-order valence-electron chi connectivity index (χ0n) is 13.7. The molecule has 0 spiro atoms. The molecule has 0 amide bonds. The molecule has 1 unspecified atom stereocenters. The SMILES string of the molecule is CC(c1ccccc1)n1nc(-c2ccc(F)cc2)c2c1CCNC2. The molecular weight excluding hydrogens is 301 g/mol. The standard InChI is InChI=1S/C20H20FN3/c1-14(15-5-3-2-4-6-15)24-19-11-12-22-13-18(19)20(23-24)16-7-9-17(21)10-8-16/h2-10,14,22H,11-13H2,1H3. The zero-order valence-corrected chi connectivity index (χ0v) is 13.7. The van der Waals surface area contributed by atoms with Gasteiger partial charge in [0.2, 0.25) is 0 Å². The van der Waals surface area contributed by atoms with Gasteiger partial charge < -0.3 is 5.32 Å². The minimum atomic E-state index is -0.220. The fourth-order valence-corrected chi connectivity index (χ4v) is 3.41. The van der Waals surface area contributed by atoms with Crippen LogP contribution in [0.15, 0.2) is 54.6 Å². The third kappa shape index (κ3) is 2.63. The van der Waals surface area contributed by atoms with Crippen LogP contribution in [-0.2, 0) is 13.0 Å². The highest BCUT2D eigenvalue weighted by molar-refractivity contribution is 5.64. The van der Waals surface area contributed by atoms with Crippen LogP contribution >= 0.6 is 0 Å². The van der Waals surface area contributed by atoms with Crippen LogP contribution in [-0.4, -0.2) is 16.3 Å². The quantitative estimate of drug-likeness (QED) is 0.792. The summed E-state index contributed by atoms with van der Waals surface area (Å²) in [6.45, 7) is 3.95. The zero-order chi connectivity index (χ0) is 16.5. The largest absolute Gasteiger partial charge is 0.312 e. The van der Waals surface area contributed by atoms with E-state index in [9.17, 15) is 4.39 Å². The number of nitrogens with one attached hydrogen (secondary N) is 1. The fourth-order valence-electron chi connectivity index (χ4n) is 3.41. The number of benzene rings is 2. The van der Waals surface area contributed by atoms with Gasteiger partial charge in [-0.05, 0) is 36.8 Å². The van der Waals surface area contributed by atoms with Crippen molar-refractivity contribution < 1.29 is 4.39 Å². The van der Waals surface area contributed by atoms with Crippen molar-refractivity contribution in [3.05, 3.63) is 77.2 Å². The normalized spacial score (nSPS) is 15.1. The van der Waals surface area contributed by atoms with Crippen LogP contribution in [0.4, 0.5) is 4.39 Å². The van der Waals surface area contributed by atoms with Crippen LogP contribution in [0.3, 0.4) is 0 Å². The molecule has 0 fully saturated rings. The van der Waals surface area contributed by atoms with Crippen LogP contribution in [0.1, 0.15) is 29.8 Å². The molecule has 0 saturated heterocycles. The van der Waals surface area contributed by atoms with Crippen LogP contribution in [0, 0.1) is 5.82 Å². The first-order valence-corrected chi connectivity index (χ1v) is 8.36. The first-order chi connectivity index (χ1) is 11.7. The Bertz CT molecular complexity index is 837. The number of fused-ring (bicyclic) bond motifs is 1. The fraction of sp³-hybridized carbons (Fsp3) is 0.250. The molecule has 0 radical (unpaired) electrons. The Balaban J connectivity index is 1.82. The molecule has 1 atom stereocenters. The van der Waals surface area contributed by atoms with E-state index in [0.717, 1.165) is 30.8 Å². The first-order valence-electron chi connectivity index (χ1n) is 8.36. The average molecular weight is 321 g/mol. The van der Waals surface area contributed by atoms with Gasteiger partial charge >= 0.3 is 0 Å².